The molecule has 0 fully saturated rings. The summed E-state index contributed by atoms with van der Waals surface area (Å²) in [6, 6.07) is 4.76. The number of thiazole rings is 1. The largest absolute Gasteiger partial charge is 0.534 e. The third kappa shape index (κ3) is 3.89. The fourth-order valence-electron chi connectivity index (χ4n) is 1.59. The number of carbonyl (C=O) groups excluding carboxylic acids is 1. The number of ether oxygens (including phenoxy) is 1. The molecule has 0 atom stereocenters. The van der Waals surface area contributed by atoms with Gasteiger partial charge in [-0.25, -0.2) is 9.78 Å². The second-order valence-corrected chi connectivity index (χ2v) is 6.90. The third-order valence-electron chi connectivity index (χ3n) is 2.72. The average molecular weight is 392 g/mol. The van der Waals surface area contributed by atoms with E-state index in [1.807, 2.05) is 0 Å². The lowest BCUT2D eigenvalue weighted by Gasteiger charge is -2.10. The molecule has 132 valence electrons. The van der Waals surface area contributed by atoms with Crippen molar-refractivity contribution in [2.24, 2.45) is 0 Å². The lowest BCUT2D eigenvalue weighted by Crippen LogP contribution is -2.28. The topological polar surface area (TPSA) is 106 Å². The third-order valence-corrected chi connectivity index (χ3v) is 4.71. The molecule has 0 saturated heterocycles. The van der Waals surface area contributed by atoms with Crippen molar-refractivity contribution in [2.45, 2.75) is 5.51 Å². The second kappa shape index (κ2) is 6.69. The van der Waals surface area contributed by atoms with Crippen molar-refractivity contribution >= 4 is 27.4 Å². The Morgan fingerprint density at radius 3 is 2.60 bits per heavy atom. The van der Waals surface area contributed by atoms with E-state index >= 15 is 0 Å². The van der Waals surface area contributed by atoms with Crippen LogP contribution in [0.2, 0.25) is 0 Å². The molecule has 0 aliphatic heterocycles. The molecule has 1 heterocycles. The Labute approximate surface area is 143 Å². The van der Waals surface area contributed by atoms with Crippen molar-refractivity contribution < 1.29 is 35.3 Å². The van der Waals surface area contributed by atoms with E-state index in [9.17, 15) is 26.4 Å². The van der Waals surface area contributed by atoms with Gasteiger partial charge in [0, 0.05) is 5.56 Å². The molecule has 0 bridgehead atoms. The van der Waals surface area contributed by atoms with Crippen LogP contribution in [0.1, 0.15) is 15.2 Å². The molecule has 0 aliphatic carbocycles. The van der Waals surface area contributed by atoms with E-state index in [0.717, 1.165) is 23.5 Å². The monoisotopic (exact) mass is 392 g/mol. The van der Waals surface area contributed by atoms with Crippen LogP contribution < -0.4 is 4.18 Å². The van der Waals surface area contributed by atoms with Crippen molar-refractivity contribution in [2.75, 3.05) is 7.11 Å². The van der Waals surface area contributed by atoms with E-state index < -0.39 is 32.9 Å². The second-order valence-electron chi connectivity index (χ2n) is 4.33. The predicted molar refractivity (Wildman–Crippen MR) is 79.2 cm³/mol. The Bertz CT molecular complexity index is 961. The van der Waals surface area contributed by atoms with E-state index in [1.165, 1.54) is 19.4 Å². The zero-order chi connectivity index (χ0) is 18.8. The van der Waals surface area contributed by atoms with Gasteiger partial charge in [0.25, 0.3) is 0 Å². The molecule has 0 aliphatic rings. The SMILES string of the molecule is COC(=O)c1cnc(-c2ccc(OS(=O)(=O)C(F)(F)F)c(C#N)c2)s1. The minimum Gasteiger partial charge on any atom is -0.465 e. The highest BCUT2D eigenvalue weighted by Gasteiger charge is 2.48. The molecular weight excluding hydrogens is 385 g/mol. The quantitative estimate of drug-likeness (QED) is 0.447. The molecule has 0 radical (unpaired) electrons. The number of benzene rings is 1. The van der Waals surface area contributed by atoms with Gasteiger partial charge in [0.05, 0.1) is 18.9 Å². The van der Waals surface area contributed by atoms with Crippen LogP contribution in [0, 0.1) is 11.3 Å². The maximum absolute atomic E-state index is 12.4. The molecule has 0 amide bonds. The van der Waals surface area contributed by atoms with E-state index in [1.54, 1.807) is 6.07 Å². The Morgan fingerprint density at radius 1 is 1.36 bits per heavy atom. The van der Waals surface area contributed by atoms with Crippen LogP contribution in [-0.4, -0.2) is 32.0 Å². The normalized spacial score (nSPS) is 11.6. The summed E-state index contributed by atoms with van der Waals surface area (Å²) in [6.45, 7) is 0. The molecule has 7 nitrogen and oxygen atoms in total. The number of nitriles is 1. The number of hydrogen-bond donors (Lipinski definition) is 0. The van der Waals surface area contributed by atoms with E-state index in [4.69, 9.17) is 5.26 Å². The Balaban J connectivity index is 2.39. The zero-order valence-electron chi connectivity index (χ0n) is 12.2. The van der Waals surface area contributed by atoms with Crippen LogP contribution in [0.25, 0.3) is 10.6 Å². The number of rotatable bonds is 4. The Kier molecular flexibility index (Phi) is 5.00. The van der Waals surface area contributed by atoms with Crippen LogP contribution in [0.5, 0.6) is 5.75 Å². The van der Waals surface area contributed by atoms with E-state index in [0.29, 0.717) is 0 Å². The average Bonchev–Trinajstić information content (AvgIpc) is 3.03. The van der Waals surface area contributed by atoms with Gasteiger partial charge in [0.15, 0.2) is 5.75 Å². The number of esters is 1. The van der Waals surface area contributed by atoms with Crippen LogP contribution in [0.4, 0.5) is 13.2 Å². The first-order valence-electron chi connectivity index (χ1n) is 6.18. The Morgan fingerprint density at radius 2 is 2.04 bits per heavy atom. The Hall–Kier alpha value is -2.65. The van der Waals surface area contributed by atoms with Crippen LogP contribution in [0.3, 0.4) is 0 Å². The first-order valence-corrected chi connectivity index (χ1v) is 8.41. The number of alkyl halides is 3. The van der Waals surface area contributed by atoms with E-state index in [-0.39, 0.29) is 15.4 Å². The number of methoxy groups -OCH3 is 1. The summed E-state index contributed by atoms with van der Waals surface area (Å²) in [5.74, 6) is -1.39. The van der Waals surface area contributed by atoms with Crippen molar-refractivity contribution in [3.8, 4) is 22.4 Å². The fourth-order valence-corrected chi connectivity index (χ4v) is 2.90. The maximum Gasteiger partial charge on any atom is 0.534 e. The molecule has 2 aromatic rings. The number of carbonyl (C=O) groups is 1. The van der Waals surface area contributed by atoms with Crippen molar-refractivity contribution in [1.82, 2.24) is 4.98 Å². The lowest BCUT2D eigenvalue weighted by atomic mass is 10.1. The van der Waals surface area contributed by atoms with Gasteiger partial charge in [0.1, 0.15) is 16.0 Å². The highest BCUT2D eigenvalue weighted by molar-refractivity contribution is 7.88. The fraction of sp³-hybridized carbons (Fsp3) is 0.154. The van der Waals surface area contributed by atoms with E-state index in [2.05, 4.69) is 13.9 Å². The first-order chi connectivity index (χ1) is 11.6. The lowest BCUT2D eigenvalue weighted by molar-refractivity contribution is -0.0500. The molecule has 1 aromatic carbocycles. The standard InChI is InChI=1S/C13H7F3N2O5S2/c1-22-12(19)10-6-18-11(24-10)7-2-3-9(8(4-7)5-17)23-25(20,21)13(14,15)16/h2-4,6H,1H3. The van der Waals surface area contributed by atoms with Gasteiger partial charge in [-0.15, -0.1) is 11.3 Å². The van der Waals surface area contributed by atoms with Gasteiger partial charge in [-0.1, -0.05) is 0 Å². The summed E-state index contributed by atoms with van der Waals surface area (Å²) in [4.78, 5) is 15.5. The van der Waals surface area contributed by atoms with Gasteiger partial charge in [-0.2, -0.15) is 26.9 Å². The maximum atomic E-state index is 12.4. The molecule has 0 saturated carbocycles. The van der Waals surface area contributed by atoms with Gasteiger partial charge in [-0.05, 0) is 18.2 Å². The summed E-state index contributed by atoms with van der Waals surface area (Å²) < 4.78 is 67.7. The molecule has 25 heavy (non-hydrogen) atoms. The van der Waals surface area contributed by atoms with Gasteiger partial charge >= 0.3 is 21.6 Å². The molecule has 0 N–H and O–H groups in total. The summed E-state index contributed by atoms with van der Waals surface area (Å²) in [7, 11) is -4.71. The molecular formula is C13H7F3N2O5S2. The van der Waals surface area contributed by atoms with Crippen LogP contribution in [0.15, 0.2) is 24.4 Å². The smallest absolute Gasteiger partial charge is 0.465 e. The number of aromatic nitrogens is 1. The highest BCUT2D eigenvalue weighted by atomic mass is 32.2. The zero-order valence-corrected chi connectivity index (χ0v) is 13.8. The van der Waals surface area contributed by atoms with Crippen LogP contribution >= 0.6 is 11.3 Å². The molecule has 0 unspecified atom stereocenters. The summed E-state index contributed by atoms with van der Waals surface area (Å²) >= 11 is 0.927. The van der Waals surface area contributed by atoms with Crippen molar-refractivity contribution in [3.63, 3.8) is 0 Å². The van der Waals surface area contributed by atoms with Crippen molar-refractivity contribution in [1.29, 1.82) is 5.26 Å². The summed E-state index contributed by atoms with van der Waals surface area (Å²) in [6.07, 6.45) is 1.23. The molecule has 1 aromatic heterocycles. The van der Waals surface area contributed by atoms with Gasteiger partial charge < -0.3 is 8.92 Å². The predicted octanol–water partition coefficient (Wildman–Crippen LogP) is 2.70. The molecule has 2 rings (SSSR count). The minimum absolute atomic E-state index is 0.177. The van der Waals surface area contributed by atoms with Gasteiger partial charge in [0.2, 0.25) is 0 Å². The summed E-state index contributed by atoms with van der Waals surface area (Å²) in [5, 5.41) is 9.30. The number of hydrogen-bond acceptors (Lipinski definition) is 8. The minimum atomic E-state index is -5.90. The first kappa shape index (κ1) is 18.7. The number of nitrogens with zero attached hydrogens (tertiary/aromatic N) is 2. The van der Waals surface area contributed by atoms with Crippen molar-refractivity contribution in [3.05, 3.63) is 34.8 Å². The van der Waals surface area contributed by atoms with Gasteiger partial charge in [-0.3, -0.25) is 0 Å². The number of halogens is 3. The van der Waals surface area contributed by atoms with Crippen LogP contribution in [-0.2, 0) is 14.9 Å². The molecule has 12 heteroatoms. The highest BCUT2D eigenvalue weighted by Crippen LogP contribution is 2.32. The molecule has 0 spiro atoms. The summed E-state index contributed by atoms with van der Waals surface area (Å²) in [5.41, 5.74) is -5.78.